The van der Waals surface area contributed by atoms with E-state index in [0.717, 1.165) is 0 Å². The first-order valence-electron chi connectivity index (χ1n) is 6.34. The fourth-order valence-corrected chi connectivity index (χ4v) is 2.28. The fraction of sp³-hybridized carbons (Fsp3) is 0.500. The summed E-state index contributed by atoms with van der Waals surface area (Å²) in [5.41, 5.74) is -0.207. The molecule has 0 aromatic carbocycles. The van der Waals surface area contributed by atoms with Crippen molar-refractivity contribution in [2.24, 2.45) is 0 Å². The van der Waals surface area contributed by atoms with Crippen LogP contribution in [0.1, 0.15) is 32.4 Å². The third-order valence-electron chi connectivity index (χ3n) is 2.56. The number of nitrogens with two attached hydrogens (primary N) is 1. The lowest BCUT2D eigenvalue weighted by Crippen LogP contribution is -2.24. The van der Waals surface area contributed by atoms with E-state index in [1.165, 1.54) is 16.4 Å². The summed E-state index contributed by atoms with van der Waals surface area (Å²) in [6, 6.07) is 1.64. The summed E-state index contributed by atoms with van der Waals surface area (Å²) in [6.07, 6.45) is 0. The average Bonchev–Trinajstić information content (AvgIpc) is 2.92. The molecule has 2 rings (SSSR count). The SMILES string of the molecule is Cc1cc(NC(=O)CSc2nnc(C(C)(C)C)n2N)no1. The molecule has 21 heavy (non-hydrogen) atoms. The van der Waals surface area contributed by atoms with Gasteiger partial charge in [0.2, 0.25) is 11.1 Å². The van der Waals surface area contributed by atoms with Crippen molar-refractivity contribution in [2.45, 2.75) is 38.3 Å². The number of nitrogens with one attached hydrogen (secondary N) is 1. The van der Waals surface area contributed by atoms with Gasteiger partial charge in [0.1, 0.15) is 5.76 Å². The zero-order chi connectivity index (χ0) is 15.6. The first-order valence-corrected chi connectivity index (χ1v) is 7.33. The van der Waals surface area contributed by atoms with Gasteiger partial charge in [-0.05, 0) is 6.92 Å². The maximum atomic E-state index is 11.8. The Balaban J connectivity index is 1.94. The topological polar surface area (TPSA) is 112 Å². The summed E-state index contributed by atoms with van der Waals surface area (Å²) in [5.74, 6) is 7.58. The van der Waals surface area contributed by atoms with Crippen molar-refractivity contribution in [3.05, 3.63) is 17.7 Å². The third kappa shape index (κ3) is 3.75. The highest BCUT2D eigenvalue weighted by atomic mass is 32.2. The molecule has 1 amide bonds. The van der Waals surface area contributed by atoms with Gasteiger partial charge in [-0.2, -0.15) is 0 Å². The minimum Gasteiger partial charge on any atom is -0.360 e. The Hall–Kier alpha value is -2.03. The molecule has 0 spiro atoms. The number of anilines is 1. The van der Waals surface area contributed by atoms with Crippen molar-refractivity contribution >= 4 is 23.5 Å². The summed E-state index contributed by atoms with van der Waals surface area (Å²) in [7, 11) is 0. The molecule has 3 N–H and O–H groups in total. The Morgan fingerprint density at radius 1 is 1.48 bits per heavy atom. The smallest absolute Gasteiger partial charge is 0.236 e. The number of thioether (sulfide) groups is 1. The van der Waals surface area contributed by atoms with Crippen LogP contribution in [0.25, 0.3) is 0 Å². The van der Waals surface area contributed by atoms with Gasteiger partial charge in [0, 0.05) is 11.5 Å². The van der Waals surface area contributed by atoms with Gasteiger partial charge in [0.05, 0.1) is 5.75 Å². The van der Waals surface area contributed by atoms with Crippen molar-refractivity contribution in [1.29, 1.82) is 0 Å². The molecule has 0 aliphatic rings. The molecule has 114 valence electrons. The number of carbonyl (C=O) groups excluding carboxylic acids is 1. The Morgan fingerprint density at radius 3 is 2.71 bits per heavy atom. The molecule has 0 radical (unpaired) electrons. The summed E-state index contributed by atoms with van der Waals surface area (Å²) < 4.78 is 6.28. The number of nitrogen functional groups attached to an aromatic ring is 1. The molecule has 2 heterocycles. The summed E-state index contributed by atoms with van der Waals surface area (Å²) in [5, 5.41) is 14.9. The minimum absolute atomic E-state index is 0.158. The van der Waals surface area contributed by atoms with Crippen LogP contribution in [0.4, 0.5) is 5.82 Å². The second kappa shape index (κ2) is 5.76. The van der Waals surface area contributed by atoms with Crippen LogP contribution in [-0.2, 0) is 10.2 Å². The fourth-order valence-electron chi connectivity index (χ4n) is 1.62. The number of carbonyl (C=O) groups is 1. The Bertz CT molecular complexity index is 642. The van der Waals surface area contributed by atoms with E-state index in [0.29, 0.717) is 22.6 Å². The van der Waals surface area contributed by atoms with Crippen LogP contribution in [0.5, 0.6) is 0 Å². The molecule has 0 saturated carbocycles. The predicted octanol–water partition coefficient (Wildman–Crippen LogP) is 1.32. The molecular formula is C12H18N6O2S. The van der Waals surface area contributed by atoms with Gasteiger partial charge in [0.25, 0.3) is 0 Å². The summed E-state index contributed by atoms with van der Waals surface area (Å²) >= 11 is 1.21. The van der Waals surface area contributed by atoms with Crippen molar-refractivity contribution in [3.63, 3.8) is 0 Å². The molecule has 2 aromatic rings. The van der Waals surface area contributed by atoms with Crippen LogP contribution in [0, 0.1) is 6.92 Å². The van der Waals surface area contributed by atoms with Gasteiger partial charge in [-0.25, -0.2) is 4.68 Å². The van der Waals surface area contributed by atoms with Gasteiger partial charge in [-0.15, -0.1) is 10.2 Å². The predicted molar refractivity (Wildman–Crippen MR) is 79.5 cm³/mol. The first kappa shape index (κ1) is 15.4. The lowest BCUT2D eigenvalue weighted by Gasteiger charge is -2.16. The molecule has 0 unspecified atom stereocenters. The standard InChI is InChI=1S/C12H18N6O2S/c1-7-5-8(17-20-7)14-9(19)6-21-11-16-15-10(18(11)13)12(2,3)4/h5H,6,13H2,1-4H3,(H,14,17,19). The molecule has 9 heteroatoms. The van der Waals surface area contributed by atoms with Crippen LogP contribution in [0.2, 0.25) is 0 Å². The van der Waals surface area contributed by atoms with Crippen LogP contribution < -0.4 is 11.2 Å². The second-order valence-corrected chi connectivity index (χ2v) is 6.53. The molecule has 0 saturated heterocycles. The van der Waals surface area contributed by atoms with Crippen molar-refractivity contribution in [2.75, 3.05) is 16.9 Å². The molecule has 8 nitrogen and oxygen atoms in total. The number of hydrogen-bond donors (Lipinski definition) is 2. The third-order valence-corrected chi connectivity index (χ3v) is 3.51. The Labute approximate surface area is 126 Å². The van der Waals surface area contributed by atoms with E-state index >= 15 is 0 Å². The average molecular weight is 310 g/mol. The monoisotopic (exact) mass is 310 g/mol. The molecule has 0 bridgehead atoms. The molecule has 0 fully saturated rings. The number of nitrogens with zero attached hydrogens (tertiary/aromatic N) is 4. The van der Waals surface area contributed by atoms with Gasteiger partial charge in [-0.1, -0.05) is 37.7 Å². The lowest BCUT2D eigenvalue weighted by atomic mass is 9.96. The van der Waals surface area contributed by atoms with E-state index in [1.54, 1.807) is 13.0 Å². The zero-order valence-corrected chi connectivity index (χ0v) is 13.2. The Morgan fingerprint density at radius 2 is 2.19 bits per heavy atom. The second-order valence-electron chi connectivity index (χ2n) is 5.59. The maximum Gasteiger partial charge on any atom is 0.236 e. The van der Waals surface area contributed by atoms with E-state index in [9.17, 15) is 4.79 Å². The summed E-state index contributed by atoms with van der Waals surface area (Å²) in [6.45, 7) is 7.74. The van der Waals surface area contributed by atoms with Gasteiger partial charge < -0.3 is 15.7 Å². The first-order chi connectivity index (χ1) is 9.77. The highest BCUT2D eigenvalue weighted by Crippen LogP contribution is 2.23. The highest BCUT2D eigenvalue weighted by molar-refractivity contribution is 7.99. The van der Waals surface area contributed by atoms with E-state index in [4.69, 9.17) is 10.4 Å². The Kier molecular flexibility index (Phi) is 4.21. The van der Waals surface area contributed by atoms with Crippen LogP contribution >= 0.6 is 11.8 Å². The number of hydrogen-bond acceptors (Lipinski definition) is 7. The van der Waals surface area contributed by atoms with Gasteiger partial charge >= 0.3 is 0 Å². The van der Waals surface area contributed by atoms with E-state index in [2.05, 4.69) is 20.7 Å². The number of aromatic nitrogens is 4. The van der Waals surface area contributed by atoms with Crippen LogP contribution in [0.15, 0.2) is 15.7 Å². The number of rotatable bonds is 4. The minimum atomic E-state index is -0.214. The number of aryl methyl sites for hydroxylation is 1. The van der Waals surface area contributed by atoms with Gasteiger partial charge in [-0.3, -0.25) is 4.79 Å². The zero-order valence-electron chi connectivity index (χ0n) is 12.4. The van der Waals surface area contributed by atoms with Crippen molar-refractivity contribution in [1.82, 2.24) is 20.0 Å². The number of amides is 1. The lowest BCUT2D eigenvalue weighted by molar-refractivity contribution is -0.113. The van der Waals surface area contributed by atoms with Crippen LogP contribution in [0.3, 0.4) is 0 Å². The largest absolute Gasteiger partial charge is 0.360 e. The van der Waals surface area contributed by atoms with Crippen LogP contribution in [-0.4, -0.2) is 31.7 Å². The van der Waals surface area contributed by atoms with Crippen molar-refractivity contribution in [3.8, 4) is 0 Å². The molecule has 0 aliphatic carbocycles. The molecule has 0 atom stereocenters. The quantitative estimate of drug-likeness (QED) is 0.647. The normalized spacial score (nSPS) is 11.6. The van der Waals surface area contributed by atoms with Crippen molar-refractivity contribution < 1.29 is 9.32 Å². The van der Waals surface area contributed by atoms with E-state index in [1.807, 2.05) is 20.8 Å². The van der Waals surface area contributed by atoms with Gasteiger partial charge in [0.15, 0.2) is 11.6 Å². The highest BCUT2D eigenvalue weighted by Gasteiger charge is 2.23. The molecule has 0 aliphatic heterocycles. The molecular weight excluding hydrogens is 292 g/mol. The summed E-state index contributed by atoms with van der Waals surface area (Å²) in [4.78, 5) is 11.8. The maximum absolute atomic E-state index is 11.8. The van der Waals surface area contributed by atoms with E-state index in [-0.39, 0.29) is 17.1 Å². The van der Waals surface area contributed by atoms with E-state index < -0.39 is 0 Å². The molecule has 2 aromatic heterocycles.